The van der Waals surface area contributed by atoms with Crippen LogP contribution in [0.15, 0.2) is 24.4 Å². The molecule has 0 aliphatic heterocycles. The molecular weight excluding hydrogens is 166 g/mol. The van der Waals surface area contributed by atoms with E-state index in [0.29, 0.717) is 0 Å². The Morgan fingerprint density at radius 1 is 1.42 bits per heavy atom. The SMILES string of the molecule is Cc1cccc2[nH]cc(CS)c12. The van der Waals surface area contributed by atoms with Gasteiger partial charge in [0, 0.05) is 22.9 Å². The fourth-order valence-electron chi connectivity index (χ4n) is 1.58. The fraction of sp³-hybridized carbons (Fsp3) is 0.200. The first-order valence-electron chi connectivity index (χ1n) is 3.99. The third-order valence-corrected chi connectivity index (χ3v) is 2.51. The summed E-state index contributed by atoms with van der Waals surface area (Å²) in [6.07, 6.45) is 2.03. The Morgan fingerprint density at radius 3 is 3.00 bits per heavy atom. The van der Waals surface area contributed by atoms with Gasteiger partial charge in [-0.1, -0.05) is 12.1 Å². The van der Waals surface area contributed by atoms with Crippen LogP contribution in [0.4, 0.5) is 0 Å². The fourth-order valence-corrected chi connectivity index (χ4v) is 1.83. The molecule has 0 spiro atoms. The van der Waals surface area contributed by atoms with Gasteiger partial charge in [0.2, 0.25) is 0 Å². The summed E-state index contributed by atoms with van der Waals surface area (Å²) < 4.78 is 0. The maximum Gasteiger partial charge on any atom is 0.0459 e. The van der Waals surface area contributed by atoms with Crippen molar-refractivity contribution in [3.63, 3.8) is 0 Å². The van der Waals surface area contributed by atoms with E-state index in [1.54, 1.807) is 0 Å². The molecule has 2 rings (SSSR count). The molecule has 0 unspecified atom stereocenters. The quantitative estimate of drug-likeness (QED) is 0.623. The molecule has 2 aromatic rings. The zero-order valence-electron chi connectivity index (χ0n) is 6.96. The number of nitrogens with one attached hydrogen (secondary N) is 1. The summed E-state index contributed by atoms with van der Waals surface area (Å²) in [5, 5.41) is 1.33. The van der Waals surface area contributed by atoms with Gasteiger partial charge in [0.05, 0.1) is 0 Å². The zero-order valence-corrected chi connectivity index (χ0v) is 7.86. The number of rotatable bonds is 1. The van der Waals surface area contributed by atoms with Crippen molar-refractivity contribution in [2.24, 2.45) is 0 Å². The maximum absolute atomic E-state index is 4.28. The first kappa shape index (κ1) is 7.74. The minimum absolute atomic E-state index is 0.796. The largest absolute Gasteiger partial charge is 0.361 e. The molecule has 0 radical (unpaired) electrons. The van der Waals surface area contributed by atoms with E-state index in [1.165, 1.54) is 22.0 Å². The van der Waals surface area contributed by atoms with E-state index in [9.17, 15) is 0 Å². The zero-order chi connectivity index (χ0) is 8.55. The Morgan fingerprint density at radius 2 is 2.25 bits per heavy atom. The van der Waals surface area contributed by atoms with E-state index in [0.717, 1.165) is 5.75 Å². The van der Waals surface area contributed by atoms with E-state index in [-0.39, 0.29) is 0 Å². The summed E-state index contributed by atoms with van der Waals surface area (Å²) >= 11 is 4.28. The highest BCUT2D eigenvalue weighted by atomic mass is 32.1. The predicted molar refractivity (Wildman–Crippen MR) is 55.7 cm³/mol. The van der Waals surface area contributed by atoms with E-state index < -0.39 is 0 Å². The second-order valence-electron chi connectivity index (χ2n) is 2.97. The number of fused-ring (bicyclic) bond motifs is 1. The third kappa shape index (κ3) is 1.03. The Labute approximate surface area is 77.2 Å². The molecule has 0 saturated carbocycles. The molecule has 0 amide bonds. The lowest BCUT2D eigenvalue weighted by Gasteiger charge is -1.97. The molecule has 1 aromatic heterocycles. The van der Waals surface area contributed by atoms with Crippen molar-refractivity contribution in [1.29, 1.82) is 0 Å². The monoisotopic (exact) mass is 177 g/mol. The average molecular weight is 177 g/mol. The van der Waals surface area contributed by atoms with Crippen LogP contribution in [0.3, 0.4) is 0 Å². The second kappa shape index (κ2) is 2.87. The Hall–Kier alpha value is -0.890. The highest BCUT2D eigenvalue weighted by Crippen LogP contribution is 2.22. The molecule has 62 valence electrons. The minimum Gasteiger partial charge on any atom is -0.361 e. The molecule has 1 N–H and O–H groups in total. The van der Waals surface area contributed by atoms with Gasteiger partial charge in [-0.25, -0.2) is 0 Å². The smallest absolute Gasteiger partial charge is 0.0459 e. The van der Waals surface area contributed by atoms with Crippen molar-refractivity contribution in [2.45, 2.75) is 12.7 Å². The van der Waals surface area contributed by atoms with Crippen molar-refractivity contribution in [3.05, 3.63) is 35.5 Å². The van der Waals surface area contributed by atoms with Crippen molar-refractivity contribution in [2.75, 3.05) is 0 Å². The molecule has 12 heavy (non-hydrogen) atoms. The highest BCUT2D eigenvalue weighted by Gasteiger charge is 2.02. The molecule has 0 fully saturated rings. The minimum atomic E-state index is 0.796. The summed E-state index contributed by atoms with van der Waals surface area (Å²) in [6.45, 7) is 2.13. The Balaban J connectivity index is 2.83. The Kier molecular flexibility index (Phi) is 1.85. The lowest BCUT2D eigenvalue weighted by atomic mass is 10.1. The summed E-state index contributed by atoms with van der Waals surface area (Å²) in [6, 6.07) is 6.29. The molecule has 0 aliphatic carbocycles. The van der Waals surface area contributed by atoms with Gasteiger partial charge in [0.1, 0.15) is 0 Å². The number of thiol groups is 1. The molecule has 0 atom stereocenters. The van der Waals surface area contributed by atoms with Crippen LogP contribution in [0.5, 0.6) is 0 Å². The van der Waals surface area contributed by atoms with Crippen LogP contribution in [-0.2, 0) is 5.75 Å². The summed E-state index contributed by atoms with van der Waals surface area (Å²) in [7, 11) is 0. The van der Waals surface area contributed by atoms with Gasteiger partial charge in [-0.05, 0) is 24.1 Å². The van der Waals surface area contributed by atoms with Gasteiger partial charge in [-0.2, -0.15) is 12.6 Å². The van der Waals surface area contributed by atoms with Crippen LogP contribution in [0.1, 0.15) is 11.1 Å². The van der Waals surface area contributed by atoms with Crippen molar-refractivity contribution < 1.29 is 0 Å². The summed E-state index contributed by atoms with van der Waals surface area (Å²) in [4.78, 5) is 3.23. The number of hydrogen-bond donors (Lipinski definition) is 2. The van der Waals surface area contributed by atoms with Crippen LogP contribution in [0.2, 0.25) is 0 Å². The van der Waals surface area contributed by atoms with Gasteiger partial charge in [-0.15, -0.1) is 0 Å². The first-order valence-corrected chi connectivity index (χ1v) is 4.62. The molecular formula is C10H11NS. The molecule has 0 saturated heterocycles. The third-order valence-electron chi connectivity index (χ3n) is 2.17. The lowest BCUT2D eigenvalue weighted by molar-refractivity contribution is 1.40. The standard InChI is InChI=1S/C10H11NS/c1-7-3-2-4-9-10(7)8(6-12)5-11-9/h2-5,11-12H,6H2,1H3. The number of H-pyrrole nitrogens is 1. The van der Waals surface area contributed by atoms with Crippen LogP contribution >= 0.6 is 12.6 Å². The predicted octanol–water partition coefficient (Wildman–Crippen LogP) is 2.91. The molecule has 2 heteroatoms. The molecule has 1 nitrogen and oxygen atoms in total. The van der Waals surface area contributed by atoms with Crippen LogP contribution in [0.25, 0.3) is 10.9 Å². The van der Waals surface area contributed by atoms with Crippen molar-refractivity contribution in [1.82, 2.24) is 4.98 Å². The number of aromatic nitrogens is 1. The van der Waals surface area contributed by atoms with Gasteiger partial charge in [-0.3, -0.25) is 0 Å². The van der Waals surface area contributed by atoms with Crippen LogP contribution in [0, 0.1) is 6.92 Å². The molecule has 0 bridgehead atoms. The van der Waals surface area contributed by atoms with E-state index >= 15 is 0 Å². The lowest BCUT2D eigenvalue weighted by Crippen LogP contribution is -1.77. The number of aryl methyl sites for hydroxylation is 1. The van der Waals surface area contributed by atoms with E-state index in [2.05, 4.69) is 42.7 Å². The van der Waals surface area contributed by atoms with Crippen molar-refractivity contribution >= 4 is 23.5 Å². The molecule has 0 aliphatic rings. The van der Waals surface area contributed by atoms with E-state index in [1.807, 2.05) is 6.20 Å². The van der Waals surface area contributed by atoms with Crippen molar-refractivity contribution in [3.8, 4) is 0 Å². The molecule has 1 aromatic carbocycles. The maximum atomic E-state index is 4.28. The van der Waals surface area contributed by atoms with Gasteiger partial charge < -0.3 is 4.98 Å². The normalized spacial score (nSPS) is 10.8. The van der Waals surface area contributed by atoms with Crippen LogP contribution in [-0.4, -0.2) is 4.98 Å². The van der Waals surface area contributed by atoms with Gasteiger partial charge in [0.25, 0.3) is 0 Å². The highest BCUT2D eigenvalue weighted by molar-refractivity contribution is 7.79. The second-order valence-corrected chi connectivity index (χ2v) is 3.29. The van der Waals surface area contributed by atoms with Gasteiger partial charge in [0.15, 0.2) is 0 Å². The summed E-state index contributed by atoms with van der Waals surface area (Å²) in [5.74, 6) is 0.796. The summed E-state index contributed by atoms with van der Waals surface area (Å²) in [5.41, 5.74) is 3.81. The number of aromatic amines is 1. The number of hydrogen-bond acceptors (Lipinski definition) is 1. The Bertz CT molecular complexity index is 403. The number of benzene rings is 1. The molecule has 1 heterocycles. The first-order chi connectivity index (χ1) is 5.83. The topological polar surface area (TPSA) is 15.8 Å². The average Bonchev–Trinajstić information content (AvgIpc) is 2.49. The van der Waals surface area contributed by atoms with Crippen LogP contribution < -0.4 is 0 Å². The van der Waals surface area contributed by atoms with E-state index in [4.69, 9.17) is 0 Å². The van der Waals surface area contributed by atoms with Gasteiger partial charge >= 0.3 is 0 Å².